The minimum atomic E-state index is -0.354. The molecular weight excluding hydrogens is 338 g/mol. The van der Waals surface area contributed by atoms with Gasteiger partial charge in [0, 0.05) is 57.0 Å². The number of rotatable bonds is 4. The van der Waals surface area contributed by atoms with Crippen LogP contribution in [0.2, 0.25) is 0 Å². The van der Waals surface area contributed by atoms with Crippen molar-refractivity contribution in [2.45, 2.75) is 19.3 Å². The summed E-state index contributed by atoms with van der Waals surface area (Å²) >= 11 is 0. The van der Waals surface area contributed by atoms with E-state index in [0.29, 0.717) is 44.3 Å². The van der Waals surface area contributed by atoms with Crippen molar-refractivity contribution in [1.82, 2.24) is 24.9 Å². The fourth-order valence-electron chi connectivity index (χ4n) is 2.82. The van der Waals surface area contributed by atoms with E-state index in [1.807, 2.05) is 6.07 Å². The molecule has 0 radical (unpaired) electrons. The molecule has 2 aromatic heterocycles. The van der Waals surface area contributed by atoms with Crippen LogP contribution in [0.15, 0.2) is 29.0 Å². The fourth-order valence-corrected chi connectivity index (χ4v) is 2.82. The largest absolute Gasteiger partial charge is 0.453 e. The van der Waals surface area contributed by atoms with Gasteiger partial charge in [0.2, 0.25) is 17.6 Å². The molecule has 0 unspecified atom stereocenters. The number of carbonyl (C=O) groups is 2. The zero-order valence-electron chi connectivity index (χ0n) is 14.6. The molecule has 0 saturated carbocycles. The average Bonchev–Trinajstić information content (AvgIpc) is 3.02. The number of aromatic nitrogens is 3. The van der Waals surface area contributed by atoms with Crippen LogP contribution in [-0.4, -0.2) is 70.2 Å². The van der Waals surface area contributed by atoms with Gasteiger partial charge in [-0.3, -0.25) is 9.78 Å². The van der Waals surface area contributed by atoms with Gasteiger partial charge in [-0.1, -0.05) is 5.16 Å². The van der Waals surface area contributed by atoms with E-state index >= 15 is 0 Å². The third kappa shape index (κ3) is 4.35. The molecule has 9 nitrogen and oxygen atoms in total. The molecule has 3 rings (SSSR count). The van der Waals surface area contributed by atoms with E-state index in [1.165, 1.54) is 7.11 Å². The molecule has 1 aliphatic heterocycles. The highest BCUT2D eigenvalue weighted by atomic mass is 16.5. The fraction of sp³-hybridized carbons (Fsp3) is 0.471. The highest BCUT2D eigenvalue weighted by molar-refractivity contribution is 5.76. The van der Waals surface area contributed by atoms with Crippen molar-refractivity contribution in [1.29, 1.82) is 0 Å². The molecule has 0 spiro atoms. The predicted molar refractivity (Wildman–Crippen MR) is 91.0 cm³/mol. The molecule has 2 amide bonds. The van der Waals surface area contributed by atoms with Crippen molar-refractivity contribution in [2.75, 3.05) is 33.3 Å². The van der Waals surface area contributed by atoms with Crippen LogP contribution in [0.5, 0.6) is 0 Å². The molecule has 0 bridgehead atoms. The molecule has 1 fully saturated rings. The summed E-state index contributed by atoms with van der Waals surface area (Å²) in [4.78, 5) is 35.7. The van der Waals surface area contributed by atoms with Crippen molar-refractivity contribution in [3.63, 3.8) is 0 Å². The van der Waals surface area contributed by atoms with Crippen molar-refractivity contribution in [3.05, 3.63) is 30.4 Å². The molecule has 0 aliphatic carbocycles. The van der Waals surface area contributed by atoms with Gasteiger partial charge in [0.25, 0.3) is 0 Å². The summed E-state index contributed by atoms with van der Waals surface area (Å²) in [6.07, 6.45) is 4.37. The molecule has 9 heteroatoms. The van der Waals surface area contributed by atoms with Crippen LogP contribution in [-0.2, 0) is 16.0 Å². The minimum Gasteiger partial charge on any atom is -0.453 e. The Hall–Kier alpha value is -2.97. The van der Waals surface area contributed by atoms with Gasteiger partial charge < -0.3 is 19.1 Å². The second kappa shape index (κ2) is 8.41. The molecule has 138 valence electrons. The maximum absolute atomic E-state index is 12.4. The van der Waals surface area contributed by atoms with Crippen LogP contribution in [0.3, 0.4) is 0 Å². The van der Waals surface area contributed by atoms with Crippen LogP contribution in [0, 0.1) is 0 Å². The molecule has 2 aromatic rings. The average molecular weight is 359 g/mol. The summed E-state index contributed by atoms with van der Waals surface area (Å²) in [5, 5.41) is 3.92. The van der Waals surface area contributed by atoms with Gasteiger partial charge in [-0.25, -0.2) is 4.79 Å². The second-order valence-electron chi connectivity index (χ2n) is 5.94. The monoisotopic (exact) mass is 359 g/mol. The SMILES string of the molecule is COC(=O)N1CCCN(C(=O)CCc2nc(-c3cccnc3)no2)CC1. The summed E-state index contributed by atoms with van der Waals surface area (Å²) in [6.45, 7) is 2.19. The topological polar surface area (TPSA) is 102 Å². The van der Waals surface area contributed by atoms with Gasteiger partial charge in [-0.05, 0) is 18.6 Å². The molecule has 3 heterocycles. The number of hydrogen-bond acceptors (Lipinski definition) is 7. The Morgan fingerprint density at radius 3 is 2.81 bits per heavy atom. The molecule has 0 aromatic carbocycles. The van der Waals surface area contributed by atoms with Crippen LogP contribution >= 0.6 is 0 Å². The maximum Gasteiger partial charge on any atom is 0.409 e. The first-order valence-corrected chi connectivity index (χ1v) is 8.51. The molecule has 0 N–H and O–H groups in total. The number of carbonyl (C=O) groups excluding carboxylic acids is 2. The predicted octanol–water partition coefficient (Wildman–Crippen LogP) is 1.36. The summed E-state index contributed by atoms with van der Waals surface area (Å²) in [5.41, 5.74) is 0.768. The summed E-state index contributed by atoms with van der Waals surface area (Å²) in [7, 11) is 1.36. The molecular formula is C17H21N5O4. The van der Waals surface area contributed by atoms with E-state index in [0.717, 1.165) is 12.0 Å². The van der Waals surface area contributed by atoms with Crippen molar-refractivity contribution in [3.8, 4) is 11.4 Å². The lowest BCUT2D eigenvalue weighted by Gasteiger charge is -2.21. The first-order chi connectivity index (χ1) is 12.7. The number of aryl methyl sites for hydroxylation is 1. The van der Waals surface area contributed by atoms with Crippen molar-refractivity contribution < 1.29 is 18.8 Å². The normalized spacial score (nSPS) is 14.8. The van der Waals surface area contributed by atoms with Crippen molar-refractivity contribution in [2.24, 2.45) is 0 Å². The molecule has 1 aliphatic rings. The lowest BCUT2D eigenvalue weighted by molar-refractivity contribution is -0.131. The van der Waals surface area contributed by atoms with Gasteiger partial charge in [-0.15, -0.1) is 0 Å². The third-order valence-electron chi connectivity index (χ3n) is 4.22. The first kappa shape index (κ1) is 17.8. The Kier molecular flexibility index (Phi) is 5.77. The summed E-state index contributed by atoms with van der Waals surface area (Å²) in [6, 6.07) is 3.64. The van der Waals surface area contributed by atoms with Gasteiger partial charge in [-0.2, -0.15) is 4.98 Å². The zero-order valence-corrected chi connectivity index (χ0v) is 14.6. The molecule has 0 atom stereocenters. The number of nitrogens with zero attached hydrogens (tertiary/aromatic N) is 5. The summed E-state index contributed by atoms with van der Waals surface area (Å²) in [5.74, 6) is 0.894. The first-order valence-electron chi connectivity index (χ1n) is 8.51. The maximum atomic E-state index is 12.4. The van der Waals surface area contributed by atoms with Crippen LogP contribution < -0.4 is 0 Å². The second-order valence-corrected chi connectivity index (χ2v) is 5.94. The van der Waals surface area contributed by atoms with E-state index in [9.17, 15) is 9.59 Å². The highest BCUT2D eigenvalue weighted by Crippen LogP contribution is 2.15. The zero-order chi connectivity index (χ0) is 18.4. The quantitative estimate of drug-likeness (QED) is 0.812. The van der Waals surface area contributed by atoms with E-state index in [-0.39, 0.29) is 18.4 Å². The summed E-state index contributed by atoms with van der Waals surface area (Å²) < 4.78 is 9.95. The Morgan fingerprint density at radius 1 is 1.23 bits per heavy atom. The van der Waals surface area contributed by atoms with Gasteiger partial charge in [0.1, 0.15) is 0 Å². The van der Waals surface area contributed by atoms with Gasteiger partial charge >= 0.3 is 6.09 Å². The number of ether oxygens (including phenoxy) is 1. The van der Waals surface area contributed by atoms with E-state index in [4.69, 9.17) is 9.26 Å². The standard InChI is InChI=1S/C17H21N5O4/c1-25-17(24)22-9-3-8-21(10-11-22)15(23)6-5-14-19-16(20-26-14)13-4-2-7-18-12-13/h2,4,7,12H,3,5-6,8-11H2,1H3. The minimum absolute atomic E-state index is 0.0119. The number of pyridine rings is 1. The number of amides is 2. The molecule has 26 heavy (non-hydrogen) atoms. The van der Waals surface area contributed by atoms with Crippen molar-refractivity contribution >= 4 is 12.0 Å². The lowest BCUT2D eigenvalue weighted by atomic mass is 10.2. The van der Waals surface area contributed by atoms with E-state index in [1.54, 1.807) is 28.3 Å². The smallest absolute Gasteiger partial charge is 0.409 e. The Bertz CT molecular complexity index is 749. The van der Waals surface area contributed by atoms with E-state index < -0.39 is 0 Å². The third-order valence-corrected chi connectivity index (χ3v) is 4.22. The van der Waals surface area contributed by atoms with Crippen LogP contribution in [0.1, 0.15) is 18.7 Å². The van der Waals surface area contributed by atoms with Crippen LogP contribution in [0.25, 0.3) is 11.4 Å². The lowest BCUT2D eigenvalue weighted by Crippen LogP contribution is -2.37. The Labute approximate surface area is 150 Å². The highest BCUT2D eigenvalue weighted by Gasteiger charge is 2.22. The Balaban J connectivity index is 1.51. The van der Waals surface area contributed by atoms with E-state index in [2.05, 4.69) is 15.1 Å². The van der Waals surface area contributed by atoms with Gasteiger partial charge in [0.05, 0.1) is 7.11 Å². The number of hydrogen-bond donors (Lipinski definition) is 0. The Morgan fingerprint density at radius 2 is 2.04 bits per heavy atom. The van der Waals surface area contributed by atoms with Crippen LogP contribution in [0.4, 0.5) is 4.79 Å². The van der Waals surface area contributed by atoms with Gasteiger partial charge in [0.15, 0.2) is 0 Å². The molecule has 1 saturated heterocycles. The number of methoxy groups -OCH3 is 1.